The van der Waals surface area contributed by atoms with E-state index in [4.69, 9.17) is 10.5 Å². The molecule has 3 atom stereocenters. The fourth-order valence-electron chi connectivity index (χ4n) is 2.69. The molecule has 1 aromatic carbocycles. The summed E-state index contributed by atoms with van der Waals surface area (Å²) in [6.45, 7) is 6.43. The fourth-order valence-corrected chi connectivity index (χ4v) is 2.69. The lowest BCUT2D eigenvalue weighted by atomic mass is 10.0. The molecule has 5 heteroatoms. The first-order valence-electron chi connectivity index (χ1n) is 7.93. The summed E-state index contributed by atoms with van der Waals surface area (Å²) >= 11 is 0. The number of carbonyl (C=O) groups excluding carboxylic acids is 1. The number of ether oxygens (including phenoxy) is 1. The number of nitrogens with one attached hydrogen (secondary N) is 1. The van der Waals surface area contributed by atoms with Gasteiger partial charge < -0.3 is 20.7 Å². The molecule has 3 N–H and O–H groups in total. The van der Waals surface area contributed by atoms with Crippen LogP contribution in [0.1, 0.15) is 20.3 Å². The van der Waals surface area contributed by atoms with Gasteiger partial charge >= 0.3 is 0 Å². The maximum atomic E-state index is 12.0. The number of methoxy groups -OCH3 is 1. The molecule has 0 radical (unpaired) electrons. The summed E-state index contributed by atoms with van der Waals surface area (Å²) in [7, 11) is 1.68. The number of nitrogens with two attached hydrogens (primary N) is 1. The number of hydrogen-bond donors (Lipinski definition) is 2. The van der Waals surface area contributed by atoms with Crippen molar-refractivity contribution in [1.29, 1.82) is 0 Å². The largest absolute Gasteiger partial charge is 0.497 e. The summed E-state index contributed by atoms with van der Waals surface area (Å²) in [5.74, 6) is 1.26. The molecule has 0 aromatic heterocycles. The average molecular weight is 305 g/mol. The third-order valence-corrected chi connectivity index (χ3v) is 4.47. The van der Waals surface area contributed by atoms with Crippen LogP contribution >= 0.6 is 0 Å². The van der Waals surface area contributed by atoms with Crippen LogP contribution in [0.15, 0.2) is 24.3 Å². The standard InChI is InChI=1S/C17H27N3O2/c1-12(13(2)18)17(21)19-10-14-7-8-20(11-14)15-5-4-6-16(9-15)22-3/h4-6,9,12-14H,7-8,10-11,18H2,1-3H3,(H,19,21). The van der Waals surface area contributed by atoms with Gasteiger partial charge in [0.15, 0.2) is 0 Å². The molecule has 1 heterocycles. The molecule has 0 aliphatic carbocycles. The quantitative estimate of drug-likeness (QED) is 0.838. The number of hydrogen-bond acceptors (Lipinski definition) is 4. The minimum Gasteiger partial charge on any atom is -0.497 e. The molecular weight excluding hydrogens is 278 g/mol. The number of carbonyl (C=O) groups is 1. The monoisotopic (exact) mass is 305 g/mol. The lowest BCUT2D eigenvalue weighted by Gasteiger charge is -2.20. The zero-order chi connectivity index (χ0) is 16.1. The van der Waals surface area contributed by atoms with Gasteiger partial charge in [-0.2, -0.15) is 0 Å². The van der Waals surface area contributed by atoms with Crippen LogP contribution in [-0.2, 0) is 4.79 Å². The Morgan fingerprint density at radius 2 is 2.27 bits per heavy atom. The average Bonchev–Trinajstić information content (AvgIpc) is 3.00. The Bertz CT molecular complexity index is 504. The van der Waals surface area contributed by atoms with Gasteiger partial charge in [-0.05, 0) is 31.4 Å². The van der Waals surface area contributed by atoms with Gasteiger partial charge in [-0.25, -0.2) is 0 Å². The van der Waals surface area contributed by atoms with Crippen LogP contribution in [0.25, 0.3) is 0 Å². The van der Waals surface area contributed by atoms with Crippen LogP contribution < -0.4 is 20.7 Å². The van der Waals surface area contributed by atoms with Gasteiger partial charge in [0.1, 0.15) is 5.75 Å². The number of anilines is 1. The van der Waals surface area contributed by atoms with Crippen molar-refractivity contribution in [1.82, 2.24) is 5.32 Å². The Morgan fingerprint density at radius 1 is 1.50 bits per heavy atom. The van der Waals surface area contributed by atoms with Crippen LogP contribution in [0.5, 0.6) is 5.75 Å². The predicted molar refractivity (Wildman–Crippen MR) is 89.1 cm³/mol. The molecule has 1 amide bonds. The fraction of sp³-hybridized carbons (Fsp3) is 0.588. The molecule has 0 bridgehead atoms. The Kier molecular flexibility index (Phi) is 5.66. The molecule has 0 spiro atoms. The first-order chi connectivity index (χ1) is 10.5. The third kappa shape index (κ3) is 4.13. The number of nitrogens with zero attached hydrogens (tertiary/aromatic N) is 1. The van der Waals surface area contributed by atoms with Gasteiger partial charge in [-0.15, -0.1) is 0 Å². The predicted octanol–water partition coefficient (Wildman–Crippen LogP) is 1.62. The van der Waals surface area contributed by atoms with E-state index in [-0.39, 0.29) is 17.9 Å². The molecule has 22 heavy (non-hydrogen) atoms. The van der Waals surface area contributed by atoms with Crippen LogP contribution in [0, 0.1) is 11.8 Å². The highest BCUT2D eigenvalue weighted by Gasteiger charge is 2.24. The minimum absolute atomic E-state index is 0.0508. The SMILES string of the molecule is COc1cccc(N2CCC(CNC(=O)C(C)C(C)N)C2)c1. The Labute approximate surface area is 132 Å². The summed E-state index contributed by atoms with van der Waals surface area (Å²) in [5, 5.41) is 3.03. The van der Waals surface area contributed by atoms with E-state index in [0.717, 1.165) is 31.8 Å². The number of benzene rings is 1. The van der Waals surface area contributed by atoms with E-state index in [1.807, 2.05) is 26.0 Å². The van der Waals surface area contributed by atoms with Crippen LogP contribution in [-0.4, -0.2) is 38.7 Å². The first-order valence-corrected chi connectivity index (χ1v) is 7.93. The molecule has 1 fully saturated rings. The van der Waals surface area contributed by atoms with Crippen LogP contribution in [0.2, 0.25) is 0 Å². The van der Waals surface area contributed by atoms with E-state index in [1.54, 1.807) is 7.11 Å². The molecule has 1 aliphatic heterocycles. The van der Waals surface area contributed by atoms with Crippen molar-refractivity contribution in [2.75, 3.05) is 31.6 Å². The summed E-state index contributed by atoms with van der Waals surface area (Å²) in [6.07, 6.45) is 1.09. The minimum atomic E-state index is -0.143. The van der Waals surface area contributed by atoms with E-state index in [9.17, 15) is 4.79 Å². The highest BCUT2D eigenvalue weighted by Crippen LogP contribution is 2.26. The summed E-state index contributed by atoms with van der Waals surface area (Å²) < 4.78 is 5.27. The van der Waals surface area contributed by atoms with Crippen molar-refractivity contribution in [3.8, 4) is 5.75 Å². The van der Waals surface area contributed by atoms with Gasteiger partial charge in [0.25, 0.3) is 0 Å². The van der Waals surface area contributed by atoms with Gasteiger partial charge in [0.05, 0.1) is 7.11 Å². The third-order valence-electron chi connectivity index (χ3n) is 4.47. The molecule has 1 aromatic rings. The smallest absolute Gasteiger partial charge is 0.224 e. The maximum Gasteiger partial charge on any atom is 0.224 e. The van der Waals surface area contributed by atoms with E-state index < -0.39 is 0 Å². The van der Waals surface area contributed by atoms with Crippen molar-refractivity contribution in [2.24, 2.45) is 17.6 Å². The molecule has 5 nitrogen and oxygen atoms in total. The van der Waals surface area contributed by atoms with Crippen molar-refractivity contribution in [3.05, 3.63) is 24.3 Å². The highest BCUT2D eigenvalue weighted by molar-refractivity contribution is 5.78. The molecule has 1 saturated heterocycles. The van der Waals surface area contributed by atoms with E-state index in [1.165, 1.54) is 5.69 Å². The van der Waals surface area contributed by atoms with Gasteiger partial charge in [-0.3, -0.25) is 4.79 Å². The molecule has 122 valence electrons. The van der Waals surface area contributed by atoms with Crippen molar-refractivity contribution in [2.45, 2.75) is 26.3 Å². The van der Waals surface area contributed by atoms with Crippen molar-refractivity contribution >= 4 is 11.6 Å². The zero-order valence-corrected chi connectivity index (χ0v) is 13.7. The normalized spacial score (nSPS) is 20.5. The molecular formula is C17H27N3O2. The lowest BCUT2D eigenvalue weighted by molar-refractivity contribution is -0.125. The summed E-state index contributed by atoms with van der Waals surface area (Å²) in [5.41, 5.74) is 6.94. The molecule has 3 unspecified atom stereocenters. The van der Waals surface area contributed by atoms with E-state index >= 15 is 0 Å². The second-order valence-electron chi connectivity index (χ2n) is 6.20. The van der Waals surface area contributed by atoms with Gasteiger partial charge in [-0.1, -0.05) is 13.0 Å². The first kappa shape index (κ1) is 16.6. The topological polar surface area (TPSA) is 67.6 Å². The summed E-state index contributed by atoms with van der Waals surface area (Å²) in [6, 6.07) is 8.00. The number of rotatable bonds is 6. The zero-order valence-electron chi connectivity index (χ0n) is 13.7. The van der Waals surface area contributed by atoms with Gasteiger partial charge in [0.2, 0.25) is 5.91 Å². The second-order valence-corrected chi connectivity index (χ2v) is 6.20. The lowest BCUT2D eigenvalue weighted by Crippen LogP contribution is -2.40. The van der Waals surface area contributed by atoms with Crippen LogP contribution in [0.4, 0.5) is 5.69 Å². The Hall–Kier alpha value is -1.75. The molecule has 1 aliphatic rings. The number of amides is 1. The van der Waals surface area contributed by atoms with Gasteiger partial charge in [0, 0.05) is 43.3 Å². The molecule has 2 rings (SSSR count). The van der Waals surface area contributed by atoms with Crippen LogP contribution in [0.3, 0.4) is 0 Å². The van der Waals surface area contributed by atoms with E-state index in [2.05, 4.69) is 22.3 Å². The Morgan fingerprint density at radius 3 is 2.95 bits per heavy atom. The van der Waals surface area contributed by atoms with Crippen molar-refractivity contribution < 1.29 is 9.53 Å². The summed E-state index contributed by atoms with van der Waals surface area (Å²) in [4.78, 5) is 14.3. The maximum absolute atomic E-state index is 12.0. The highest BCUT2D eigenvalue weighted by atomic mass is 16.5. The molecule has 0 saturated carbocycles. The van der Waals surface area contributed by atoms with Crippen molar-refractivity contribution in [3.63, 3.8) is 0 Å². The second kappa shape index (κ2) is 7.49. The Balaban J connectivity index is 1.84. The van der Waals surface area contributed by atoms with E-state index in [0.29, 0.717) is 5.92 Å².